The zero-order valence-electron chi connectivity index (χ0n) is 13.3. The number of halogens is 3. The van der Waals surface area contributed by atoms with E-state index in [0.29, 0.717) is 12.2 Å². The fourth-order valence-corrected chi connectivity index (χ4v) is 2.94. The zero-order valence-corrected chi connectivity index (χ0v) is 16.5. The summed E-state index contributed by atoms with van der Waals surface area (Å²) in [6.07, 6.45) is 0. The van der Waals surface area contributed by atoms with Gasteiger partial charge in [-0.25, -0.2) is 9.18 Å². The molecule has 2 amide bonds. The Morgan fingerprint density at radius 1 is 1.17 bits per heavy atom. The number of anilines is 1. The predicted octanol–water partition coefficient (Wildman–Crippen LogP) is 4.78. The van der Waals surface area contributed by atoms with Crippen LogP contribution in [-0.2, 0) is 0 Å². The van der Waals surface area contributed by atoms with Crippen LogP contribution in [-0.4, -0.2) is 31.6 Å². The molecule has 0 heterocycles. The second kappa shape index (κ2) is 8.60. The molecule has 7 heteroatoms. The molecule has 2 N–H and O–H groups in total. The van der Waals surface area contributed by atoms with Crippen molar-refractivity contribution in [3.8, 4) is 0 Å². The van der Waals surface area contributed by atoms with Gasteiger partial charge in [0.2, 0.25) is 0 Å². The van der Waals surface area contributed by atoms with E-state index in [1.807, 2.05) is 37.2 Å². The van der Waals surface area contributed by atoms with Crippen LogP contribution in [0.5, 0.6) is 0 Å². The lowest BCUT2D eigenvalue weighted by Crippen LogP contribution is -2.37. The first-order valence-electron chi connectivity index (χ1n) is 7.28. The lowest BCUT2D eigenvalue weighted by molar-refractivity contribution is 0.243. The minimum absolute atomic E-state index is 0.0534. The van der Waals surface area contributed by atoms with Crippen LogP contribution in [0, 0.1) is 5.82 Å². The number of hydrogen-bond donors (Lipinski definition) is 2. The standard InChI is InChI=1S/C17H18Br2FN3O/c1-23(2)16(11-3-6-13(20)7-4-11)10-21-17(24)22-15-9-12(18)5-8-14(15)19/h3-9,16H,10H2,1-2H3,(H2,21,22,24). The van der Waals surface area contributed by atoms with Crippen molar-refractivity contribution in [2.75, 3.05) is 26.0 Å². The molecule has 0 saturated carbocycles. The van der Waals surface area contributed by atoms with Crippen LogP contribution >= 0.6 is 31.9 Å². The second-order valence-electron chi connectivity index (χ2n) is 5.49. The van der Waals surface area contributed by atoms with Crippen molar-refractivity contribution in [2.24, 2.45) is 0 Å². The molecular formula is C17H18Br2FN3O. The molecule has 0 aliphatic heterocycles. The molecule has 0 aromatic heterocycles. The molecule has 4 nitrogen and oxygen atoms in total. The third-order valence-electron chi connectivity index (χ3n) is 3.51. The number of rotatable bonds is 5. The van der Waals surface area contributed by atoms with Crippen molar-refractivity contribution in [3.05, 3.63) is 62.8 Å². The summed E-state index contributed by atoms with van der Waals surface area (Å²) in [5, 5.41) is 5.65. The summed E-state index contributed by atoms with van der Waals surface area (Å²) in [4.78, 5) is 14.1. The summed E-state index contributed by atoms with van der Waals surface area (Å²) in [5.41, 5.74) is 1.61. The molecule has 0 bridgehead atoms. The van der Waals surface area contributed by atoms with Crippen LogP contribution < -0.4 is 10.6 Å². The van der Waals surface area contributed by atoms with Crippen LogP contribution in [0.4, 0.5) is 14.9 Å². The van der Waals surface area contributed by atoms with E-state index in [9.17, 15) is 9.18 Å². The minimum atomic E-state index is -0.303. The van der Waals surface area contributed by atoms with Crippen molar-refractivity contribution in [3.63, 3.8) is 0 Å². The normalized spacial score (nSPS) is 12.1. The van der Waals surface area contributed by atoms with Gasteiger partial charge in [0.25, 0.3) is 0 Å². The van der Waals surface area contributed by atoms with Gasteiger partial charge in [0.1, 0.15) is 5.82 Å². The summed E-state index contributed by atoms with van der Waals surface area (Å²) >= 11 is 6.77. The van der Waals surface area contributed by atoms with E-state index in [0.717, 1.165) is 14.5 Å². The highest BCUT2D eigenvalue weighted by molar-refractivity contribution is 9.11. The van der Waals surface area contributed by atoms with Crippen molar-refractivity contribution in [1.82, 2.24) is 10.2 Å². The summed E-state index contributed by atoms with van der Waals surface area (Å²) in [7, 11) is 3.83. The summed E-state index contributed by atoms with van der Waals surface area (Å²) < 4.78 is 14.7. The molecule has 2 aromatic carbocycles. The van der Waals surface area contributed by atoms with Gasteiger partial charge in [-0.15, -0.1) is 0 Å². The van der Waals surface area contributed by atoms with Crippen LogP contribution in [0.25, 0.3) is 0 Å². The first kappa shape index (κ1) is 18.9. The number of carbonyl (C=O) groups is 1. The van der Waals surface area contributed by atoms with E-state index in [-0.39, 0.29) is 17.9 Å². The Morgan fingerprint density at radius 3 is 2.46 bits per heavy atom. The average molecular weight is 459 g/mol. The fourth-order valence-electron chi connectivity index (χ4n) is 2.23. The molecule has 24 heavy (non-hydrogen) atoms. The fraction of sp³-hybridized carbons (Fsp3) is 0.235. The SMILES string of the molecule is CN(C)C(CNC(=O)Nc1cc(Br)ccc1Br)c1ccc(F)cc1. The maximum Gasteiger partial charge on any atom is 0.319 e. The number of urea groups is 1. The van der Waals surface area contributed by atoms with Gasteiger partial charge in [-0.1, -0.05) is 28.1 Å². The van der Waals surface area contributed by atoms with Gasteiger partial charge in [-0.2, -0.15) is 0 Å². The number of carbonyl (C=O) groups excluding carboxylic acids is 1. The molecule has 1 atom stereocenters. The van der Waals surface area contributed by atoms with E-state index in [4.69, 9.17) is 0 Å². The predicted molar refractivity (Wildman–Crippen MR) is 102 cm³/mol. The van der Waals surface area contributed by atoms with Gasteiger partial charge >= 0.3 is 6.03 Å². The Kier molecular flexibility index (Phi) is 6.77. The van der Waals surface area contributed by atoms with E-state index < -0.39 is 0 Å². The largest absolute Gasteiger partial charge is 0.336 e. The van der Waals surface area contributed by atoms with Crippen molar-refractivity contribution >= 4 is 43.6 Å². The first-order chi connectivity index (χ1) is 11.4. The van der Waals surface area contributed by atoms with Crippen LogP contribution in [0.3, 0.4) is 0 Å². The quantitative estimate of drug-likeness (QED) is 0.677. The molecule has 1 unspecified atom stereocenters. The Labute approximate surface area is 157 Å². The molecule has 2 rings (SSSR count). The highest BCUT2D eigenvalue weighted by Gasteiger charge is 2.15. The maximum absolute atomic E-state index is 13.1. The lowest BCUT2D eigenvalue weighted by Gasteiger charge is -2.25. The molecule has 0 aliphatic carbocycles. The number of nitrogens with one attached hydrogen (secondary N) is 2. The first-order valence-corrected chi connectivity index (χ1v) is 8.87. The highest BCUT2D eigenvalue weighted by Crippen LogP contribution is 2.26. The number of hydrogen-bond acceptors (Lipinski definition) is 2. The van der Waals surface area contributed by atoms with Crippen LogP contribution in [0.1, 0.15) is 11.6 Å². The summed E-state index contributed by atoms with van der Waals surface area (Å²) in [6.45, 7) is 0.399. The summed E-state index contributed by atoms with van der Waals surface area (Å²) in [5.74, 6) is -0.276. The molecule has 0 spiro atoms. The van der Waals surface area contributed by atoms with Crippen molar-refractivity contribution in [1.29, 1.82) is 0 Å². The van der Waals surface area contributed by atoms with E-state index in [1.54, 1.807) is 12.1 Å². The number of amides is 2. The Morgan fingerprint density at radius 2 is 1.83 bits per heavy atom. The highest BCUT2D eigenvalue weighted by atomic mass is 79.9. The zero-order chi connectivity index (χ0) is 17.7. The van der Waals surface area contributed by atoms with E-state index in [1.165, 1.54) is 12.1 Å². The Balaban J connectivity index is 2.00. The molecule has 0 radical (unpaired) electrons. The smallest absolute Gasteiger partial charge is 0.319 e. The van der Waals surface area contributed by atoms with Gasteiger partial charge < -0.3 is 15.5 Å². The van der Waals surface area contributed by atoms with Crippen LogP contribution in [0.2, 0.25) is 0 Å². The minimum Gasteiger partial charge on any atom is -0.336 e. The lowest BCUT2D eigenvalue weighted by atomic mass is 10.1. The topological polar surface area (TPSA) is 44.4 Å². The van der Waals surface area contributed by atoms with Gasteiger partial charge in [-0.3, -0.25) is 0 Å². The van der Waals surface area contributed by atoms with Gasteiger partial charge in [-0.05, 0) is 65.9 Å². The number of benzene rings is 2. The molecule has 0 saturated heterocycles. The molecule has 0 fully saturated rings. The Bertz CT molecular complexity index is 707. The van der Waals surface area contributed by atoms with Gasteiger partial charge in [0.05, 0.1) is 11.7 Å². The molecule has 128 valence electrons. The number of nitrogens with zero attached hydrogens (tertiary/aromatic N) is 1. The average Bonchev–Trinajstić information content (AvgIpc) is 2.52. The number of likely N-dealkylation sites (N-methyl/N-ethyl adjacent to an activating group) is 1. The van der Waals surface area contributed by atoms with Gasteiger partial charge in [0.15, 0.2) is 0 Å². The van der Waals surface area contributed by atoms with Crippen molar-refractivity contribution < 1.29 is 9.18 Å². The summed E-state index contributed by atoms with van der Waals surface area (Å²) in [6, 6.07) is 11.5. The molecule has 2 aromatic rings. The second-order valence-corrected chi connectivity index (χ2v) is 7.26. The third kappa shape index (κ3) is 5.29. The third-order valence-corrected chi connectivity index (χ3v) is 4.70. The van der Waals surface area contributed by atoms with Gasteiger partial charge in [0, 0.05) is 15.5 Å². The maximum atomic E-state index is 13.1. The van der Waals surface area contributed by atoms with Crippen LogP contribution in [0.15, 0.2) is 51.4 Å². The van der Waals surface area contributed by atoms with Crippen molar-refractivity contribution in [2.45, 2.75) is 6.04 Å². The monoisotopic (exact) mass is 457 g/mol. The van der Waals surface area contributed by atoms with E-state index >= 15 is 0 Å². The molecular weight excluding hydrogens is 441 g/mol. The Hall–Kier alpha value is -1.44. The molecule has 0 aliphatic rings. The van der Waals surface area contributed by atoms with E-state index in [2.05, 4.69) is 42.5 Å².